The Morgan fingerprint density at radius 3 is 2.48 bits per heavy atom. The molecule has 0 bridgehead atoms. The predicted octanol–water partition coefficient (Wildman–Crippen LogP) is 3.11. The van der Waals surface area contributed by atoms with Crippen LogP contribution >= 0.6 is 11.6 Å². The van der Waals surface area contributed by atoms with Crippen molar-refractivity contribution in [3.05, 3.63) is 71.4 Å². The summed E-state index contributed by atoms with van der Waals surface area (Å²) in [4.78, 5) is 13.0. The summed E-state index contributed by atoms with van der Waals surface area (Å²) in [5, 5.41) is 5.42. The molecule has 0 saturated heterocycles. The molecule has 0 atom stereocenters. The summed E-state index contributed by atoms with van der Waals surface area (Å²) < 4.78 is 1.84. The van der Waals surface area contributed by atoms with Crippen LogP contribution in [-0.2, 0) is 11.3 Å². The highest BCUT2D eigenvalue weighted by Gasteiger charge is 2.15. The summed E-state index contributed by atoms with van der Waals surface area (Å²) in [5.74, 6) is -0.356. The van der Waals surface area contributed by atoms with Gasteiger partial charge in [0.1, 0.15) is 0 Å². The van der Waals surface area contributed by atoms with Gasteiger partial charge >= 0.3 is 0 Å². The van der Waals surface area contributed by atoms with E-state index in [9.17, 15) is 4.79 Å². The number of carbonyl (C=O) groups excluding carboxylic acids is 1. The van der Waals surface area contributed by atoms with Gasteiger partial charge in [-0.05, 0) is 31.3 Å². The Labute approximate surface area is 151 Å². The molecule has 1 heterocycles. The molecule has 0 unspecified atom stereocenters. The molecular weight excluding hydrogens is 336 g/mol. The first-order valence-electron chi connectivity index (χ1n) is 7.89. The molecule has 6 heteroatoms. The van der Waals surface area contributed by atoms with Gasteiger partial charge in [-0.25, -0.2) is 4.68 Å². The molecule has 5 nitrogen and oxygen atoms in total. The summed E-state index contributed by atoms with van der Waals surface area (Å²) in [5.41, 5.74) is 9.11. The molecule has 1 aromatic heterocycles. The first kappa shape index (κ1) is 17.2. The number of halogens is 1. The first-order valence-corrected chi connectivity index (χ1v) is 8.27. The fourth-order valence-corrected chi connectivity index (χ4v) is 2.83. The lowest BCUT2D eigenvalue weighted by atomic mass is 10.1. The second kappa shape index (κ2) is 7.51. The topological polar surface area (TPSA) is 64.2 Å². The number of rotatable bonds is 6. The molecule has 0 aliphatic rings. The number of carbonyl (C=O) groups is 1. The van der Waals surface area contributed by atoms with E-state index in [1.807, 2.05) is 77.4 Å². The van der Waals surface area contributed by atoms with E-state index in [0.717, 1.165) is 22.5 Å². The Kier molecular flexibility index (Phi) is 5.16. The fourth-order valence-electron chi connectivity index (χ4n) is 2.70. The molecule has 0 fully saturated rings. The molecule has 128 valence electrons. The van der Waals surface area contributed by atoms with E-state index in [-0.39, 0.29) is 12.5 Å². The van der Waals surface area contributed by atoms with Crippen LogP contribution in [0.5, 0.6) is 0 Å². The highest BCUT2D eigenvalue weighted by Crippen LogP contribution is 2.26. The average molecular weight is 355 g/mol. The van der Waals surface area contributed by atoms with E-state index in [1.165, 1.54) is 0 Å². The molecular formula is C19H19ClN4O. The number of benzene rings is 2. The van der Waals surface area contributed by atoms with Gasteiger partial charge in [-0.15, -0.1) is 0 Å². The van der Waals surface area contributed by atoms with Gasteiger partial charge in [0, 0.05) is 28.9 Å². The van der Waals surface area contributed by atoms with Gasteiger partial charge in [-0.2, -0.15) is 5.10 Å². The van der Waals surface area contributed by atoms with E-state index in [4.69, 9.17) is 22.4 Å². The van der Waals surface area contributed by atoms with Crippen LogP contribution < -0.4 is 5.73 Å². The van der Waals surface area contributed by atoms with E-state index in [0.29, 0.717) is 11.6 Å². The SMILES string of the molecule is CN(CC(N)=O)Cc1cn(-c2ccccc2)nc1-c1ccc(Cl)cc1. The number of primary amides is 1. The number of likely N-dealkylation sites (N-methyl/N-ethyl adjacent to an activating group) is 1. The number of hydrogen-bond acceptors (Lipinski definition) is 3. The van der Waals surface area contributed by atoms with Crippen LogP contribution in [0.15, 0.2) is 60.8 Å². The lowest BCUT2D eigenvalue weighted by Gasteiger charge is -2.14. The molecule has 25 heavy (non-hydrogen) atoms. The van der Waals surface area contributed by atoms with Gasteiger partial charge in [0.25, 0.3) is 0 Å². The lowest BCUT2D eigenvalue weighted by molar-refractivity contribution is -0.118. The molecule has 0 aliphatic carbocycles. The molecule has 0 aliphatic heterocycles. The zero-order chi connectivity index (χ0) is 17.8. The van der Waals surface area contributed by atoms with Gasteiger partial charge in [0.15, 0.2) is 0 Å². The second-order valence-electron chi connectivity index (χ2n) is 5.93. The zero-order valence-electron chi connectivity index (χ0n) is 13.9. The standard InChI is InChI=1S/C19H19ClN4O/c1-23(13-18(21)25)11-15-12-24(17-5-3-2-4-6-17)22-19(15)14-7-9-16(20)10-8-14/h2-10,12H,11,13H2,1H3,(H2,21,25). The van der Waals surface area contributed by atoms with Gasteiger partial charge in [-0.3, -0.25) is 9.69 Å². The third kappa shape index (κ3) is 4.26. The molecule has 2 aromatic carbocycles. The lowest BCUT2D eigenvalue weighted by Crippen LogP contribution is -2.30. The van der Waals surface area contributed by atoms with Crippen molar-refractivity contribution in [1.29, 1.82) is 0 Å². The van der Waals surface area contributed by atoms with Crippen LogP contribution in [0, 0.1) is 0 Å². The Morgan fingerprint density at radius 2 is 1.84 bits per heavy atom. The third-order valence-corrected chi connectivity index (χ3v) is 4.05. The average Bonchev–Trinajstić information content (AvgIpc) is 2.99. The first-order chi connectivity index (χ1) is 12.0. The maximum atomic E-state index is 11.2. The molecule has 0 saturated carbocycles. The minimum Gasteiger partial charge on any atom is -0.369 e. The summed E-state index contributed by atoms with van der Waals surface area (Å²) >= 11 is 6.00. The monoisotopic (exact) mass is 354 g/mol. The van der Waals surface area contributed by atoms with E-state index < -0.39 is 0 Å². The van der Waals surface area contributed by atoms with Gasteiger partial charge in [-0.1, -0.05) is 41.9 Å². The minimum atomic E-state index is -0.356. The van der Waals surface area contributed by atoms with Crippen LogP contribution in [0.2, 0.25) is 5.02 Å². The molecule has 3 aromatic rings. The van der Waals surface area contributed by atoms with Crippen molar-refractivity contribution in [3.8, 4) is 16.9 Å². The van der Waals surface area contributed by atoms with Gasteiger partial charge < -0.3 is 5.73 Å². The van der Waals surface area contributed by atoms with E-state index >= 15 is 0 Å². The molecule has 3 rings (SSSR count). The van der Waals surface area contributed by atoms with Crippen LogP contribution in [-0.4, -0.2) is 34.2 Å². The number of nitrogens with zero attached hydrogens (tertiary/aromatic N) is 3. The van der Waals surface area contributed by atoms with E-state index in [2.05, 4.69) is 0 Å². The van der Waals surface area contributed by atoms with Gasteiger partial charge in [0.2, 0.25) is 5.91 Å². The Morgan fingerprint density at radius 1 is 1.16 bits per heavy atom. The fraction of sp³-hybridized carbons (Fsp3) is 0.158. The summed E-state index contributed by atoms with van der Waals surface area (Å²) in [6.45, 7) is 0.754. The Balaban J connectivity index is 2.00. The zero-order valence-corrected chi connectivity index (χ0v) is 14.6. The van der Waals surface area contributed by atoms with Crippen LogP contribution in [0.3, 0.4) is 0 Å². The van der Waals surface area contributed by atoms with E-state index in [1.54, 1.807) is 0 Å². The second-order valence-corrected chi connectivity index (χ2v) is 6.36. The third-order valence-electron chi connectivity index (χ3n) is 3.79. The Hall–Kier alpha value is -2.63. The van der Waals surface area contributed by atoms with Crippen molar-refractivity contribution in [2.45, 2.75) is 6.54 Å². The van der Waals surface area contributed by atoms with Crippen LogP contribution in [0.1, 0.15) is 5.56 Å². The van der Waals surface area contributed by atoms with Crippen LogP contribution in [0.25, 0.3) is 16.9 Å². The number of aromatic nitrogens is 2. The number of nitrogens with two attached hydrogens (primary N) is 1. The minimum absolute atomic E-state index is 0.191. The molecule has 0 radical (unpaired) electrons. The van der Waals surface area contributed by atoms with Gasteiger partial charge in [0.05, 0.1) is 17.9 Å². The van der Waals surface area contributed by atoms with Crippen molar-refractivity contribution in [2.75, 3.05) is 13.6 Å². The number of para-hydroxylation sites is 1. The maximum absolute atomic E-state index is 11.2. The predicted molar refractivity (Wildman–Crippen MR) is 99.5 cm³/mol. The highest BCUT2D eigenvalue weighted by molar-refractivity contribution is 6.30. The van der Waals surface area contributed by atoms with Crippen molar-refractivity contribution in [1.82, 2.24) is 14.7 Å². The summed E-state index contributed by atoms with van der Waals surface area (Å²) in [6.07, 6.45) is 1.98. The number of hydrogen-bond donors (Lipinski definition) is 1. The van der Waals surface area contributed by atoms with Crippen molar-refractivity contribution in [3.63, 3.8) is 0 Å². The maximum Gasteiger partial charge on any atom is 0.231 e. The smallest absolute Gasteiger partial charge is 0.231 e. The normalized spacial score (nSPS) is 11.0. The van der Waals surface area contributed by atoms with Crippen LogP contribution in [0.4, 0.5) is 0 Å². The van der Waals surface area contributed by atoms with Crippen molar-refractivity contribution < 1.29 is 4.79 Å². The van der Waals surface area contributed by atoms with Crippen molar-refractivity contribution in [2.24, 2.45) is 5.73 Å². The Bertz CT molecular complexity index is 859. The molecule has 1 amide bonds. The summed E-state index contributed by atoms with van der Waals surface area (Å²) in [6, 6.07) is 17.5. The largest absolute Gasteiger partial charge is 0.369 e. The highest BCUT2D eigenvalue weighted by atomic mass is 35.5. The molecule has 0 spiro atoms. The van der Waals surface area contributed by atoms with Crippen molar-refractivity contribution >= 4 is 17.5 Å². The number of amides is 1. The molecule has 2 N–H and O–H groups in total. The quantitative estimate of drug-likeness (QED) is 0.739. The summed E-state index contributed by atoms with van der Waals surface area (Å²) in [7, 11) is 1.86.